The van der Waals surface area contributed by atoms with E-state index in [2.05, 4.69) is 0 Å². The lowest BCUT2D eigenvalue weighted by atomic mass is 10.2. The van der Waals surface area contributed by atoms with Crippen LogP contribution in [0.5, 0.6) is 0 Å². The van der Waals surface area contributed by atoms with Crippen LogP contribution in [0.2, 0.25) is 0 Å². The van der Waals surface area contributed by atoms with Gasteiger partial charge >= 0.3 is 5.97 Å². The molecular formula is C13H26O5. The van der Waals surface area contributed by atoms with Gasteiger partial charge in [-0.1, -0.05) is 13.8 Å². The van der Waals surface area contributed by atoms with E-state index in [1.807, 2.05) is 13.8 Å². The lowest BCUT2D eigenvalue weighted by molar-refractivity contribution is -0.152. The second kappa shape index (κ2) is 9.30. The Morgan fingerprint density at radius 2 is 1.44 bits per heavy atom. The molecule has 0 rings (SSSR count). The fourth-order valence-corrected chi connectivity index (χ4v) is 1.07. The number of rotatable bonds is 9. The number of aliphatic hydroxyl groups excluding tert-OH is 1. The Kier molecular flexibility index (Phi) is 8.97. The van der Waals surface area contributed by atoms with Crippen molar-refractivity contribution in [2.24, 2.45) is 5.92 Å². The summed E-state index contributed by atoms with van der Waals surface area (Å²) in [5.74, 6) is -0.339. The number of carbonyl (C=O) groups is 1. The van der Waals surface area contributed by atoms with Crippen LogP contribution in [0.3, 0.4) is 0 Å². The van der Waals surface area contributed by atoms with Gasteiger partial charge < -0.3 is 19.3 Å². The summed E-state index contributed by atoms with van der Waals surface area (Å²) in [5, 5.41) is 9.05. The molecule has 0 saturated heterocycles. The third-order valence-corrected chi connectivity index (χ3v) is 2.17. The highest BCUT2D eigenvalue weighted by Gasteiger charge is 2.12. The van der Waals surface area contributed by atoms with Crippen LogP contribution in [0.15, 0.2) is 0 Å². The van der Waals surface area contributed by atoms with E-state index in [9.17, 15) is 4.79 Å². The van der Waals surface area contributed by atoms with E-state index in [1.165, 1.54) is 0 Å². The average Bonchev–Trinajstić information content (AvgIpc) is 2.30. The van der Waals surface area contributed by atoms with Crippen molar-refractivity contribution in [1.29, 1.82) is 0 Å². The van der Waals surface area contributed by atoms with Crippen molar-refractivity contribution < 1.29 is 24.1 Å². The molecule has 0 aromatic heterocycles. The Bertz CT molecular complexity index is 227. The first kappa shape index (κ1) is 17.4. The molecule has 3 atom stereocenters. The van der Waals surface area contributed by atoms with Gasteiger partial charge in [0.25, 0.3) is 0 Å². The molecule has 0 aromatic rings. The van der Waals surface area contributed by atoms with E-state index in [-0.39, 0.29) is 30.7 Å². The fraction of sp³-hybridized carbons (Fsp3) is 0.923. The molecule has 0 aliphatic carbocycles. The molecule has 18 heavy (non-hydrogen) atoms. The van der Waals surface area contributed by atoms with Crippen molar-refractivity contribution in [2.75, 3.05) is 19.8 Å². The largest absolute Gasteiger partial charge is 0.463 e. The second-order valence-corrected chi connectivity index (χ2v) is 4.92. The predicted molar refractivity (Wildman–Crippen MR) is 68.3 cm³/mol. The number of hydrogen-bond acceptors (Lipinski definition) is 5. The number of aliphatic hydroxyl groups is 1. The molecule has 0 heterocycles. The smallest absolute Gasteiger partial charge is 0.308 e. The lowest BCUT2D eigenvalue weighted by Crippen LogP contribution is -2.27. The zero-order valence-electron chi connectivity index (χ0n) is 12.0. The Morgan fingerprint density at radius 1 is 0.944 bits per heavy atom. The van der Waals surface area contributed by atoms with Crippen LogP contribution in [0, 0.1) is 5.92 Å². The summed E-state index contributed by atoms with van der Waals surface area (Å²) in [6.07, 6.45) is -0.731. The Balaban J connectivity index is 3.63. The van der Waals surface area contributed by atoms with Crippen molar-refractivity contribution in [3.8, 4) is 0 Å². The van der Waals surface area contributed by atoms with Crippen molar-refractivity contribution in [1.82, 2.24) is 0 Å². The molecule has 5 nitrogen and oxygen atoms in total. The molecule has 0 amide bonds. The van der Waals surface area contributed by atoms with Gasteiger partial charge in [-0.2, -0.15) is 0 Å². The maximum absolute atomic E-state index is 11.2. The molecule has 0 spiro atoms. The normalized spacial score (nSPS) is 16.4. The van der Waals surface area contributed by atoms with Crippen LogP contribution < -0.4 is 0 Å². The fourth-order valence-electron chi connectivity index (χ4n) is 1.07. The molecule has 0 aliphatic heterocycles. The molecule has 0 radical (unpaired) electrons. The van der Waals surface area contributed by atoms with Gasteiger partial charge in [-0.05, 0) is 20.8 Å². The van der Waals surface area contributed by atoms with Crippen molar-refractivity contribution >= 4 is 5.97 Å². The van der Waals surface area contributed by atoms with Crippen LogP contribution in [-0.2, 0) is 19.0 Å². The highest BCUT2D eigenvalue weighted by Crippen LogP contribution is 2.01. The van der Waals surface area contributed by atoms with E-state index in [0.29, 0.717) is 13.2 Å². The minimum absolute atomic E-state index is 0.0946. The van der Waals surface area contributed by atoms with Gasteiger partial charge in [0.05, 0.1) is 37.4 Å². The first-order valence-corrected chi connectivity index (χ1v) is 6.40. The summed E-state index contributed by atoms with van der Waals surface area (Å²) in [7, 11) is 0. The quantitative estimate of drug-likeness (QED) is 0.636. The van der Waals surface area contributed by atoms with Crippen molar-refractivity contribution in [3.05, 3.63) is 0 Å². The number of ether oxygens (including phenoxy) is 3. The van der Waals surface area contributed by atoms with E-state index in [4.69, 9.17) is 19.3 Å². The van der Waals surface area contributed by atoms with Gasteiger partial charge in [-0.25, -0.2) is 0 Å². The molecule has 1 N–H and O–H groups in total. The molecule has 0 aliphatic rings. The highest BCUT2D eigenvalue weighted by atomic mass is 16.6. The molecule has 0 fully saturated rings. The van der Waals surface area contributed by atoms with E-state index >= 15 is 0 Å². The Labute approximate surface area is 109 Å². The van der Waals surface area contributed by atoms with Crippen LogP contribution in [0.25, 0.3) is 0 Å². The summed E-state index contributed by atoms with van der Waals surface area (Å²) >= 11 is 0. The van der Waals surface area contributed by atoms with Gasteiger partial charge in [-0.15, -0.1) is 0 Å². The molecule has 5 heteroatoms. The van der Waals surface area contributed by atoms with Gasteiger partial charge in [0.15, 0.2) is 0 Å². The van der Waals surface area contributed by atoms with Crippen LogP contribution in [-0.4, -0.2) is 49.2 Å². The van der Waals surface area contributed by atoms with Gasteiger partial charge in [0.2, 0.25) is 0 Å². The Morgan fingerprint density at radius 3 is 1.94 bits per heavy atom. The molecule has 3 unspecified atom stereocenters. The van der Waals surface area contributed by atoms with Crippen LogP contribution >= 0.6 is 0 Å². The Hall–Kier alpha value is -0.650. The number of hydrogen-bond donors (Lipinski definition) is 1. The molecule has 108 valence electrons. The minimum atomic E-state index is -0.475. The lowest BCUT2D eigenvalue weighted by Gasteiger charge is -2.18. The standard InChI is InChI=1S/C13H26O5/c1-9(2)13(15)18-8-12(5)17-7-11(4)16-6-10(3)14/h9-12,14H,6-8H2,1-5H3. The molecular weight excluding hydrogens is 236 g/mol. The second-order valence-electron chi connectivity index (χ2n) is 4.92. The van der Waals surface area contributed by atoms with E-state index in [1.54, 1.807) is 20.8 Å². The average molecular weight is 262 g/mol. The van der Waals surface area contributed by atoms with E-state index in [0.717, 1.165) is 0 Å². The topological polar surface area (TPSA) is 65.0 Å². The minimum Gasteiger partial charge on any atom is -0.463 e. The van der Waals surface area contributed by atoms with Gasteiger partial charge in [0.1, 0.15) is 6.61 Å². The predicted octanol–water partition coefficient (Wildman–Crippen LogP) is 1.38. The maximum Gasteiger partial charge on any atom is 0.308 e. The van der Waals surface area contributed by atoms with Gasteiger partial charge in [0, 0.05) is 0 Å². The zero-order valence-corrected chi connectivity index (χ0v) is 12.0. The number of carbonyl (C=O) groups excluding carboxylic acids is 1. The first-order valence-electron chi connectivity index (χ1n) is 6.40. The third kappa shape index (κ3) is 9.39. The monoisotopic (exact) mass is 262 g/mol. The highest BCUT2D eigenvalue weighted by molar-refractivity contribution is 5.71. The van der Waals surface area contributed by atoms with Crippen molar-refractivity contribution in [2.45, 2.75) is 52.9 Å². The maximum atomic E-state index is 11.2. The first-order chi connectivity index (χ1) is 8.32. The van der Waals surface area contributed by atoms with Crippen molar-refractivity contribution in [3.63, 3.8) is 0 Å². The van der Waals surface area contributed by atoms with Crippen LogP contribution in [0.4, 0.5) is 0 Å². The molecule has 0 saturated carbocycles. The molecule has 0 bridgehead atoms. The zero-order chi connectivity index (χ0) is 14.1. The SMILES string of the molecule is CC(O)COC(C)COC(C)COC(=O)C(C)C. The van der Waals surface area contributed by atoms with E-state index < -0.39 is 6.10 Å². The third-order valence-electron chi connectivity index (χ3n) is 2.17. The van der Waals surface area contributed by atoms with Gasteiger partial charge in [-0.3, -0.25) is 4.79 Å². The summed E-state index contributed by atoms with van der Waals surface area (Å²) in [6.45, 7) is 9.92. The summed E-state index contributed by atoms with van der Waals surface area (Å²) < 4.78 is 15.9. The number of esters is 1. The van der Waals surface area contributed by atoms with Crippen LogP contribution in [0.1, 0.15) is 34.6 Å². The summed E-state index contributed by atoms with van der Waals surface area (Å²) in [6, 6.07) is 0. The summed E-state index contributed by atoms with van der Waals surface area (Å²) in [4.78, 5) is 11.2. The summed E-state index contributed by atoms with van der Waals surface area (Å²) in [5.41, 5.74) is 0. The molecule has 0 aromatic carbocycles.